The van der Waals surface area contributed by atoms with E-state index in [1.54, 1.807) is 44.2 Å². The van der Waals surface area contributed by atoms with Gasteiger partial charge >= 0.3 is 18.5 Å². The van der Waals surface area contributed by atoms with Gasteiger partial charge in [0.15, 0.2) is 0 Å². The summed E-state index contributed by atoms with van der Waals surface area (Å²) >= 11 is 1.19. The quantitative estimate of drug-likeness (QED) is 0.129. The molecule has 230 valence electrons. The number of aryl methyl sites for hydroxylation is 1. The van der Waals surface area contributed by atoms with E-state index in [9.17, 15) is 31.1 Å². The van der Waals surface area contributed by atoms with E-state index in [0.717, 1.165) is 31.7 Å². The molecule has 0 radical (unpaired) electrons. The number of fused-ring (bicyclic) bond motifs is 1. The molecule has 3 atom stereocenters. The molecule has 1 aliphatic carbocycles. The molecular weight excluding hydrogens is 582 g/mol. The van der Waals surface area contributed by atoms with Gasteiger partial charge in [0.1, 0.15) is 29.1 Å². The normalized spacial score (nSPS) is 21.2. The van der Waals surface area contributed by atoms with Gasteiger partial charge in [0, 0.05) is 15.1 Å². The van der Waals surface area contributed by atoms with Crippen molar-refractivity contribution in [2.45, 2.75) is 91.0 Å². The number of carbonyl (C=O) groups is 1. The van der Waals surface area contributed by atoms with Crippen LogP contribution < -0.4 is 9.47 Å². The third kappa shape index (κ3) is 6.98. The largest absolute Gasteiger partial charge is 0.573 e. The molecule has 0 spiro atoms. The van der Waals surface area contributed by atoms with Gasteiger partial charge in [-0.2, -0.15) is 13.2 Å². The Kier molecular flexibility index (Phi) is 9.40. The molecule has 1 aromatic heterocycles. The van der Waals surface area contributed by atoms with Gasteiger partial charge in [-0.25, -0.2) is 0 Å². The number of esters is 1. The summed E-state index contributed by atoms with van der Waals surface area (Å²) in [6, 6.07) is 11.3. The van der Waals surface area contributed by atoms with E-state index >= 15 is 0 Å². The predicted octanol–water partition coefficient (Wildman–Crippen LogP) is 9.88. The van der Waals surface area contributed by atoms with Gasteiger partial charge in [0.2, 0.25) is 0 Å². The molecule has 0 saturated heterocycles. The Labute approximate surface area is 245 Å². The standard InChI is InChI=1S/C31H34F6O4S/c1-5-6-7-8-19-9-12-22(23(15-19)41-31(35,36)37)25-16-20-10-11-21(17-24(20)42-25)39-26-13-14-27(40-28(38)18(2)3)29(26,4)30(32,33)34/h9-12,15-18,26-27H,5-8,13-14H2,1-4H3. The molecular formula is C31H34F6O4S. The zero-order valence-electron chi connectivity index (χ0n) is 23.8. The molecule has 3 aromatic rings. The second-order valence-corrected chi connectivity index (χ2v) is 12.3. The maximum absolute atomic E-state index is 14.4. The molecule has 1 heterocycles. The van der Waals surface area contributed by atoms with Crippen LogP contribution in [0, 0.1) is 11.3 Å². The van der Waals surface area contributed by atoms with Crippen molar-refractivity contribution < 1.29 is 45.3 Å². The van der Waals surface area contributed by atoms with Gasteiger partial charge in [-0.3, -0.25) is 4.79 Å². The fourth-order valence-electron chi connectivity index (χ4n) is 5.21. The van der Waals surface area contributed by atoms with Crippen LogP contribution in [-0.4, -0.2) is 30.7 Å². The molecule has 0 N–H and O–H groups in total. The summed E-state index contributed by atoms with van der Waals surface area (Å²) in [5.74, 6) is -1.39. The number of thiophene rings is 1. The van der Waals surface area contributed by atoms with E-state index in [2.05, 4.69) is 4.74 Å². The van der Waals surface area contributed by atoms with Gasteiger partial charge in [0.25, 0.3) is 0 Å². The Hall–Kier alpha value is -2.95. The first-order chi connectivity index (χ1) is 19.6. The van der Waals surface area contributed by atoms with Gasteiger partial charge in [0.05, 0.1) is 5.92 Å². The molecule has 0 amide bonds. The molecule has 4 rings (SSSR count). The van der Waals surface area contributed by atoms with Crippen molar-refractivity contribution in [1.82, 2.24) is 0 Å². The zero-order chi connectivity index (χ0) is 30.9. The highest BCUT2D eigenvalue weighted by Gasteiger charge is 2.66. The topological polar surface area (TPSA) is 44.8 Å². The summed E-state index contributed by atoms with van der Waals surface area (Å²) in [5.41, 5.74) is -1.41. The number of hydrogen-bond acceptors (Lipinski definition) is 5. The van der Waals surface area contributed by atoms with Crippen LogP contribution in [0.15, 0.2) is 42.5 Å². The molecule has 1 aliphatic rings. The third-order valence-corrected chi connectivity index (χ3v) is 8.88. The first-order valence-electron chi connectivity index (χ1n) is 14.0. The number of ether oxygens (including phenoxy) is 3. The monoisotopic (exact) mass is 616 g/mol. The number of benzene rings is 2. The molecule has 42 heavy (non-hydrogen) atoms. The Morgan fingerprint density at radius 3 is 2.36 bits per heavy atom. The molecule has 0 bridgehead atoms. The first kappa shape index (κ1) is 32.0. The molecule has 2 aromatic carbocycles. The second-order valence-electron chi connectivity index (χ2n) is 11.2. The molecule has 3 unspecified atom stereocenters. The Morgan fingerprint density at radius 1 is 1.00 bits per heavy atom. The number of rotatable bonds is 10. The summed E-state index contributed by atoms with van der Waals surface area (Å²) in [6.07, 6.45) is -8.80. The Morgan fingerprint density at radius 2 is 1.71 bits per heavy atom. The molecule has 1 saturated carbocycles. The van der Waals surface area contributed by atoms with Gasteiger partial charge in [-0.1, -0.05) is 39.7 Å². The van der Waals surface area contributed by atoms with Gasteiger partial charge in [-0.05, 0) is 80.0 Å². The van der Waals surface area contributed by atoms with Crippen LogP contribution in [0.3, 0.4) is 0 Å². The minimum atomic E-state index is -4.87. The van der Waals surface area contributed by atoms with Crippen molar-refractivity contribution in [2.75, 3.05) is 0 Å². The number of alkyl halides is 6. The second kappa shape index (κ2) is 12.3. The SMILES string of the molecule is CCCCCc1ccc(-c2cc3ccc(OC4CCC(OC(=O)C(C)C)C4(C)C(F)(F)F)cc3s2)c(OC(F)(F)F)c1. The number of halogens is 6. The van der Waals surface area contributed by atoms with Crippen LogP contribution in [0.1, 0.15) is 65.4 Å². The van der Waals surface area contributed by atoms with E-state index in [1.807, 2.05) is 6.92 Å². The highest BCUT2D eigenvalue weighted by molar-refractivity contribution is 7.22. The van der Waals surface area contributed by atoms with Crippen LogP contribution in [0.5, 0.6) is 11.5 Å². The lowest BCUT2D eigenvalue weighted by atomic mass is 9.83. The average Bonchev–Trinajstić information content (AvgIpc) is 3.44. The lowest BCUT2D eigenvalue weighted by Gasteiger charge is -2.37. The summed E-state index contributed by atoms with van der Waals surface area (Å²) in [4.78, 5) is 12.6. The number of unbranched alkanes of at least 4 members (excludes halogenated alkanes) is 2. The van der Waals surface area contributed by atoms with Crippen LogP contribution in [0.25, 0.3) is 20.5 Å². The Balaban J connectivity index is 1.62. The van der Waals surface area contributed by atoms with E-state index < -0.39 is 42.0 Å². The maximum atomic E-state index is 14.4. The maximum Gasteiger partial charge on any atom is 0.573 e. The van der Waals surface area contributed by atoms with Crippen molar-refractivity contribution in [2.24, 2.45) is 11.3 Å². The van der Waals surface area contributed by atoms with Gasteiger partial charge < -0.3 is 14.2 Å². The molecule has 4 nitrogen and oxygen atoms in total. The van der Waals surface area contributed by atoms with Crippen LogP contribution >= 0.6 is 11.3 Å². The summed E-state index contributed by atoms with van der Waals surface area (Å²) < 4.78 is 99.0. The predicted molar refractivity (Wildman–Crippen MR) is 150 cm³/mol. The minimum Gasteiger partial charge on any atom is -0.489 e. The van der Waals surface area contributed by atoms with Crippen molar-refractivity contribution in [1.29, 1.82) is 0 Å². The lowest BCUT2D eigenvalue weighted by Crippen LogP contribution is -2.52. The van der Waals surface area contributed by atoms with Crippen molar-refractivity contribution in [3.05, 3.63) is 48.0 Å². The lowest BCUT2D eigenvalue weighted by molar-refractivity contribution is -0.274. The molecule has 0 aliphatic heterocycles. The van der Waals surface area contributed by atoms with E-state index in [1.165, 1.54) is 23.5 Å². The summed E-state index contributed by atoms with van der Waals surface area (Å²) in [7, 11) is 0. The number of carbonyl (C=O) groups excluding carboxylic acids is 1. The van der Waals surface area contributed by atoms with Crippen molar-refractivity contribution in [3.8, 4) is 21.9 Å². The van der Waals surface area contributed by atoms with E-state index in [0.29, 0.717) is 21.4 Å². The zero-order valence-corrected chi connectivity index (χ0v) is 24.6. The van der Waals surface area contributed by atoms with E-state index in [4.69, 9.17) is 9.47 Å². The number of hydrogen-bond donors (Lipinski definition) is 0. The minimum absolute atomic E-state index is 0.000946. The molecule has 1 fully saturated rings. The smallest absolute Gasteiger partial charge is 0.489 e. The summed E-state index contributed by atoms with van der Waals surface area (Å²) in [5, 5.41) is 0.695. The van der Waals surface area contributed by atoms with E-state index in [-0.39, 0.29) is 29.9 Å². The highest BCUT2D eigenvalue weighted by atomic mass is 32.1. The summed E-state index contributed by atoms with van der Waals surface area (Å²) in [6.45, 7) is 6.17. The fourth-order valence-corrected chi connectivity index (χ4v) is 6.33. The Bertz CT molecular complexity index is 1400. The van der Waals surface area contributed by atoms with Crippen LogP contribution in [0.2, 0.25) is 0 Å². The fraction of sp³-hybridized carbons (Fsp3) is 0.516. The first-order valence-corrected chi connectivity index (χ1v) is 14.8. The molecule has 11 heteroatoms. The van der Waals surface area contributed by atoms with Crippen molar-refractivity contribution >= 4 is 27.4 Å². The van der Waals surface area contributed by atoms with Crippen LogP contribution in [-0.2, 0) is 16.0 Å². The highest BCUT2D eigenvalue weighted by Crippen LogP contribution is 2.53. The average molecular weight is 617 g/mol. The van der Waals surface area contributed by atoms with Crippen LogP contribution in [0.4, 0.5) is 26.3 Å². The van der Waals surface area contributed by atoms with Crippen molar-refractivity contribution in [3.63, 3.8) is 0 Å². The third-order valence-electron chi connectivity index (χ3n) is 7.75. The van der Waals surface area contributed by atoms with Gasteiger partial charge in [-0.15, -0.1) is 24.5 Å².